The highest BCUT2D eigenvalue weighted by Gasteiger charge is 2.51. The highest BCUT2D eigenvalue weighted by molar-refractivity contribution is 6.12. The number of rotatable bonds is 4. The zero-order chi connectivity index (χ0) is 16.4. The molecule has 118 valence electrons. The van der Waals surface area contributed by atoms with Gasteiger partial charge in [-0.1, -0.05) is 19.0 Å². The van der Waals surface area contributed by atoms with E-state index in [1.165, 1.54) is 4.90 Å². The van der Waals surface area contributed by atoms with Crippen molar-refractivity contribution in [1.29, 1.82) is 0 Å². The molecule has 0 aromatic rings. The summed E-state index contributed by atoms with van der Waals surface area (Å²) in [6.07, 6.45) is 0.585. The molecule has 0 radical (unpaired) electrons. The summed E-state index contributed by atoms with van der Waals surface area (Å²) in [4.78, 5) is 37.6. The standard InChI is InChI=1S/C13H22N4O4/c1-5-13(6-2,9(14)16-21)11(20)17-7-8(18)15-10(19)12(17,3)4/h21H,5-7H2,1-4H3,(H2,14,16)(H,15,18,19). The van der Waals surface area contributed by atoms with Gasteiger partial charge in [0.2, 0.25) is 11.8 Å². The van der Waals surface area contributed by atoms with E-state index in [2.05, 4.69) is 10.5 Å². The predicted octanol–water partition coefficient (Wildman–Crippen LogP) is -0.197. The number of imide groups is 1. The molecular weight excluding hydrogens is 276 g/mol. The average Bonchev–Trinajstić information content (AvgIpc) is 2.44. The van der Waals surface area contributed by atoms with Crippen molar-refractivity contribution in [3.05, 3.63) is 0 Å². The molecule has 0 aromatic carbocycles. The second-order valence-electron chi connectivity index (χ2n) is 5.60. The minimum absolute atomic E-state index is 0.216. The van der Waals surface area contributed by atoms with Crippen molar-refractivity contribution in [3.8, 4) is 0 Å². The van der Waals surface area contributed by atoms with Crippen LogP contribution in [-0.4, -0.2) is 45.7 Å². The van der Waals surface area contributed by atoms with Crippen LogP contribution in [0.25, 0.3) is 0 Å². The molecule has 8 nitrogen and oxygen atoms in total. The molecule has 1 saturated heterocycles. The largest absolute Gasteiger partial charge is 0.409 e. The van der Waals surface area contributed by atoms with Crippen LogP contribution in [0.4, 0.5) is 0 Å². The lowest BCUT2D eigenvalue weighted by atomic mass is 9.78. The Hall–Kier alpha value is -2.12. The van der Waals surface area contributed by atoms with Crippen LogP contribution in [0.5, 0.6) is 0 Å². The van der Waals surface area contributed by atoms with Gasteiger partial charge in [-0.25, -0.2) is 0 Å². The second kappa shape index (κ2) is 5.71. The van der Waals surface area contributed by atoms with Crippen LogP contribution in [0, 0.1) is 5.41 Å². The SMILES string of the molecule is CCC(CC)(C(=O)N1CC(=O)NC(=O)C1(C)C)C(N)=NO. The van der Waals surface area contributed by atoms with Gasteiger partial charge in [0.25, 0.3) is 5.91 Å². The van der Waals surface area contributed by atoms with Crippen molar-refractivity contribution < 1.29 is 19.6 Å². The zero-order valence-electron chi connectivity index (χ0n) is 12.8. The molecule has 0 aromatic heterocycles. The van der Waals surface area contributed by atoms with Crippen molar-refractivity contribution in [2.24, 2.45) is 16.3 Å². The summed E-state index contributed by atoms with van der Waals surface area (Å²) in [6, 6.07) is 0. The van der Waals surface area contributed by atoms with Gasteiger partial charge in [-0.05, 0) is 26.7 Å². The van der Waals surface area contributed by atoms with Gasteiger partial charge < -0.3 is 15.8 Å². The average molecular weight is 298 g/mol. The van der Waals surface area contributed by atoms with Crippen LogP contribution >= 0.6 is 0 Å². The van der Waals surface area contributed by atoms with Crippen molar-refractivity contribution >= 4 is 23.6 Å². The molecule has 1 heterocycles. The summed E-state index contributed by atoms with van der Waals surface area (Å²) in [6.45, 7) is 6.33. The molecule has 1 aliphatic heterocycles. The number of hydrogen-bond donors (Lipinski definition) is 3. The van der Waals surface area contributed by atoms with E-state index in [4.69, 9.17) is 10.9 Å². The molecule has 0 bridgehead atoms. The number of hydrogen-bond acceptors (Lipinski definition) is 5. The van der Waals surface area contributed by atoms with Gasteiger partial charge in [-0.15, -0.1) is 0 Å². The van der Waals surface area contributed by atoms with Crippen LogP contribution in [-0.2, 0) is 14.4 Å². The number of amidine groups is 1. The Labute approximate surface area is 123 Å². The van der Waals surface area contributed by atoms with E-state index in [-0.39, 0.29) is 12.4 Å². The molecular formula is C13H22N4O4. The van der Waals surface area contributed by atoms with E-state index in [1.54, 1.807) is 27.7 Å². The highest BCUT2D eigenvalue weighted by Crippen LogP contribution is 2.33. The van der Waals surface area contributed by atoms with Crippen molar-refractivity contribution in [1.82, 2.24) is 10.2 Å². The first-order valence-electron chi connectivity index (χ1n) is 6.81. The first-order valence-corrected chi connectivity index (χ1v) is 6.81. The Bertz CT molecular complexity index is 494. The third-order valence-electron chi connectivity index (χ3n) is 4.24. The molecule has 21 heavy (non-hydrogen) atoms. The summed E-state index contributed by atoms with van der Waals surface area (Å²) < 4.78 is 0. The number of carbonyl (C=O) groups excluding carboxylic acids is 3. The maximum Gasteiger partial charge on any atom is 0.252 e. The fraction of sp³-hybridized carbons (Fsp3) is 0.692. The summed E-state index contributed by atoms with van der Waals surface area (Å²) >= 11 is 0. The summed E-state index contributed by atoms with van der Waals surface area (Å²) in [5.41, 5.74) is 3.29. The molecule has 0 aliphatic carbocycles. The van der Waals surface area contributed by atoms with E-state index in [0.29, 0.717) is 12.8 Å². The minimum Gasteiger partial charge on any atom is -0.409 e. The maximum atomic E-state index is 12.9. The van der Waals surface area contributed by atoms with E-state index in [1.807, 2.05) is 0 Å². The molecule has 3 amide bonds. The highest BCUT2D eigenvalue weighted by atomic mass is 16.4. The molecule has 0 atom stereocenters. The van der Waals surface area contributed by atoms with Gasteiger partial charge in [-0.2, -0.15) is 0 Å². The molecule has 1 fully saturated rings. The Morgan fingerprint density at radius 1 is 1.43 bits per heavy atom. The molecule has 0 spiro atoms. The van der Waals surface area contributed by atoms with Crippen molar-refractivity contribution in [2.75, 3.05) is 6.54 Å². The lowest BCUT2D eigenvalue weighted by molar-refractivity contribution is -0.159. The summed E-state index contributed by atoms with van der Waals surface area (Å²) in [5, 5.41) is 14.1. The number of carbonyl (C=O) groups is 3. The number of amides is 3. The van der Waals surface area contributed by atoms with Crippen LogP contribution in [0.1, 0.15) is 40.5 Å². The fourth-order valence-electron chi connectivity index (χ4n) is 2.49. The van der Waals surface area contributed by atoms with Gasteiger partial charge in [0, 0.05) is 0 Å². The molecule has 8 heteroatoms. The second-order valence-corrected chi connectivity index (χ2v) is 5.60. The lowest BCUT2D eigenvalue weighted by Crippen LogP contribution is -2.68. The Morgan fingerprint density at radius 3 is 2.38 bits per heavy atom. The molecule has 0 saturated carbocycles. The van der Waals surface area contributed by atoms with Crippen molar-refractivity contribution in [3.63, 3.8) is 0 Å². The van der Waals surface area contributed by atoms with Crippen LogP contribution < -0.4 is 11.1 Å². The summed E-state index contributed by atoms with van der Waals surface area (Å²) in [7, 11) is 0. The first-order chi connectivity index (χ1) is 9.67. The maximum absolute atomic E-state index is 12.9. The third kappa shape index (κ3) is 2.57. The van der Waals surface area contributed by atoms with E-state index in [0.717, 1.165) is 0 Å². The normalized spacial score (nSPS) is 19.4. The first kappa shape index (κ1) is 16.9. The Balaban J connectivity index is 3.31. The molecule has 0 unspecified atom stereocenters. The topological polar surface area (TPSA) is 125 Å². The minimum atomic E-state index is -1.23. The van der Waals surface area contributed by atoms with Crippen LogP contribution in [0.2, 0.25) is 0 Å². The number of piperazine rings is 1. The van der Waals surface area contributed by atoms with Crippen molar-refractivity contribution in [2.45, 2.75) is 46.1 Å². The van der Waals surface area contributed by atoms with Crippen LogP contribution in [0.15, 0.2) is 5.16 Å². The van der Waals surface area contributed by atoms with Crippen LogP contribution in [0.3, 0.4) is 0 Å². The predicted molar refractivity (Wildman–Crippen MR) is 75.4 cm³/mol. The Kier molecular flexibility index (Phi) is 4.60. The zero-order valence-corrected chi connectivity index (χ0v) is 12.8. The molecule has 1 aliphatic rings. The quantitative estimate of drug-likeness (QED) is 0.218. The fourth-order valence-corrected chi connectivity index (χ4v) is 2.49. The lowest BCUT2D eigenvalue weighted by Gasteiger charge is -2.44. The van der Waals surface area contributed by atoms with E-state index in [9.17, 15) is 14.4 Å². The molecule has 1 rings (SSSR count). The monoisotopic (exact) mass is 298 g/mol. The smallest absolute Gasteiger partial charge is 0.252 e. The number of nitrogens with zero attached hydrogens (tertiary/aromatic N) is 2. The Morgan fingerprint density at radius 2 is 1.95 bits per heavy atom. The van der Waals surface area contributed by atoms with Gasteiger partial charge in [0.05, 0.1) is 0 Å². The van der Waals surface area contributed by atoms with Gasteiger partial charge in [-0.3, -0.25) is 19.7 Å². The van der Waals surface area contributed by atoms with E-state index < -0.39 is 28.7 Å². The third-order valence-corrected chi connectivity index (χ3v) is 4.24. The summed E-state index contributed by atoms with van der Waals surface area (Å²) in [5.74, 6) is -1.80. The van der Waals surface area contributed by atoms with Gasteiger partial charge >= 0.3 is 0 Å². The molecule has 4 N–H and O–H groups in total. The number of nitrogens with one attached hydrogen (secondary N) is 1. The van der Waals surface area contributed by atoms with Gasteiger partial charge in [0.1, 0.15) is 17.5 Å². The van der Waals surface area contributed by atoms with Gasteiger partial charge in [0.15, 0.2) is 5.84 Å². The number of nitrogens with two attached hydrogens (primary N) is 1. The number of oxime groups is 1. The van der Waals surface area contributed by atoms with E-state index >= 15 is 0 Å².